The van der Waals surface area contributed by atoms with Crippen LogP contribution in [0, 0.1) is 0 Å². The summed E-state index contributed by atoms with van der Waals surface area (Å²) in [6.07, 6.45) is 2.22. The van der Waals surface area contributed by atoms with Crippen LogP contribution in [0.2, 0.25) is 0 Å². The van der Waals surface area contributed by atoms with Crippen molar-refractivity contribution < 1.29 is 19.4 Å². The van der Waals surface area contributed by atoms with E-state index >= 15 is 0 Å². The van der Waals surface area contributed by atoms with Crippen molar-refractivity contribution >= 4 is 11.8 Å². The number of rotatable bonds is 3. The van der Waals surface area contributed by atoms with Crippen LogP contribution in [0.1, 0.15) is 24.8 Å². The van der Waals surface area contributed by atoms with E-state index in [1.165, 1.54) is 0 Å². The van der Waals surface area contributed by atoms with E-state index in [9.17, 15) is 14.7 Å². The van der Waals surface area contributed by atoms with Crippen molar-refractivity contribution in [2.24, 2.45) is 0 Å². The number of amides is 2. The van der Waals surface area contributed by atoms with Crippen molar-refractivity contribution in [3.63, 3.8) is 0 Å². The van der Waals surface area contributed by atoms with Gasteiger partial charge >= 0.3 is 11.8 Å². The normalized spacial score (nSPS) is 23.7. The second kappa shape index (κ2) is 5.37. The molecule has 1 aromatic rings. The van der Waals surface area contributed by atoms with Crippen LogP contribution in [0.3, 0.4) is 0 Å². The van der Waals surface area contributed by atoms with Crippen molar-refractivity contribution in [1.29, 1.82) is 0 Å². The summed E-state index contributed by atoms with van der Waals surface area (Å²) in [5, 5.41) is 15.8. The number of carbonyl (C=O) groups excluding carboxylic acids is 2. The summed E-state index contributed by atoms with van der Waals surface area (Å²) < 4.78 is 5.48. The second-order valence-corrected chi connectivity index (χ2v) is 5.56. The Balaban J connectivity index is 1.64. The van der Waals surface area contributed by atoms with Gasteiger partial charge in [0.1, 0.15) is 11.4 Å². The molecule has 1 saturated carbocycles. The first-order valence-corrected chi connectivity index (χ1v) is 7.12. The molecule has 3 rings (SSSR count). The lowest BCUT2D eigenvalue weighted by Gasteiger charge is -2.34. The van der Waals surface area contributed by atoms with E-state index in [1.54, 1.807) is 18.2 Å². The maximum atomic E-state index is 11.7. The first-order valence-electron chi connectivity index (χ1n) is 7.12. The number of benzene rings is 1. The number of hydrogen-bond donors (Lipinski definition) is 3. The van der Waals surface area contributed by atoms with Gasteiger partial charge in [-0.2, -0.15) is 0 Å². The number of carbonyl (C=O) groups is 2. The Labute approximate surface area is 122 Å². The number of nitrogens with one attached hydrogen (secondary N) is 2. The van der Waals surface area contributed by atoms with Crippen molar-refractivity contribution in [3.05, 3.63) is 29.8 Å². The molecule has 0 bridgehead atoms. The lowest BCUT2D eigenvalue weighted by molar-refractivity contribution is -0.140. The summed E-state index contributed by atoms with van der Waals surface area (Å²) in [7, 11) is 0. The molecule has 0 radical (unpaired) electrons. The van der Waals surface area contributed by atoms with Gasteiger partial charge in [-0.3, -0.25) is 9.59 Å². The maximum Gasteiger partial charge on any atom is 0.309 e. The van der Waals surface area contributed by atoms with Gasteiger partial charge in [0.2, 0.25) is 0 Å². The Morgan fingerprint density at radius 2 is 2.05 bits per heavy atom. The largest absolute Gasteiger partial charge is 0.493 e. The van der Waals surface area contributed by atoms with Crippen molar-refractivity contribution in [1.82, 2.24) is 10.6 Å². The fourth-order valence-corrected chi connectivity index (χ4v) is 2.41. The Morgan fingerprint density at radius 1 is 1.29 bits per heavy atom. The highest BCUT2D eigenvalue weighted by Gasteiger charge is 2.36. The van der Waals surface area contributed by atoms with E-state index < -0.39 is 17.4 Å². The highest BCUT2D eigenvalue weighted by Crippen LogP contribution is 2.36. The predicted molar refractivity (Wildman–Crippen MR) is 74.6 cm³/mol. The SMILES string of the molecule is O=C(NC[C@@]1(O)CCOc2ccccc21)C(=O)NC1CC1. The van der Waals surface area contributed by atoms with E-state index in [4.69, 9.17) is 4.74 Å². The van der Waals surface area contributed by atoms with Gasteiger partial charge in [-0.1, -0.05) is 18.2 Å². The fourth-order valence-electron chi connectivity index (χ4n) is 2.41. The van der Waals surface area contributed by atoms with Gasteiger partial charge in [0, 0.05) is 18.0 Å². The molecule has 112 valence electrons. The molecule has 1 aromatic carbocycles. The van der Waals surface area contributed by atoms with Crippen LogP contribution in [0.25, 0.3) is 0 Å². The Bertz CT molecular complexity index is 571. The molecule has 1 heterocycles. The first kappa shape index (κ1) is 13.9. The van der Waals surface area contributed by atoms with E-state index in [1.807, 2.05) is 6.07 Å². The zero-order valence-electron chi connectivity index (χ0n) is 11.6. The summed E-state index contributed by atoms with van der Waals surface area (Å²) in [4.78, 5) is 23.3. The minimum atomic E-state index is -1.20. The zero-order valence-corrected chi connectivity index (χ0v) is 11.6. The van der Waals surface area contributed by atoms with Gasteiger partial charge in [-0.05, 0) is 18.9 Å². The van der Waals surface area contributed by atoms with Crippen LogP contribution in [-0.2, 0) is 15.2 Å². The van der Waals surface area contributed by atoms with E-state index in [-0.39, 0.29) is 12.6 Å². The number of ether oxygens (including phenoxy) is 1. The van der Waals surface area contributed by atoms with E-state index in [0.717, 1.165) is 12.8 Å². The quantitative estimate of drug-likeness (QED) is 0.687. The molecular formula is C15H18N2O4. The van der Waals surface area contributed by atoms with E-state index in [2.05, 4.69) is 10.6 Å². The van der Waals surface area contributed by atoms with Crippen LogP contribution in [-0.4, -0.2) is 36.1 Å². The molecule has 6 heteroatoms. The summed E-state index contributed by atoms with van der Waals surface area (Å²) in [6, 6.07) is 7.31. The molecule has 2 aliphatic rings. The molecule has 2 amide bonds. The highest BCUT2D eigenvalue weighted by atomic mass is 16.5. The van der Waals surface area contributed by atoms with Crippen molar-refractivity contribution in [2.75, 3.05) is 13.2 Å². The molecule has 0 unspecified atom stereocenters. The summed E-state index contributed by atoms with van der Waals surface area (Å²) in [5.74, 6) is -0.733. The van der Waals surface area contributed by atoms with Crippen LogP contribution < -0.4 is 15.4 Å². The third-order valence-corrected chi connectivity index (χ3v) is 3.82. The van der Waals surface area contributed by atoms with Crippen molar-refractivity contribution in [3.8, 4) is 5.75 Å². The van der Waals surface area contributed by atoms with Gasteiger partial charge in [0.15, 0.2) is 0 Å². The topological polar surface area (TPSA) is 87.7 Å². The third kappa shape index (κ3) is 3.00. The summed E-state index contributed by atoms with van der Waals surface area (Å²) in [5.41, 5.74) is -0.566. The molecule has 0 aromatic heterocycles. The Kier molecular flexibility index (Phi) is 3.55. The monoisotopic (exact) mass is 290 g/mol. The first-order chi connectivity index (χ1) is 10.1. The van der Waals surface area contributed by atoms with Crippen LogP contribution in [0.15, 0.2) is 24.3 Å². The molecule has 1 aliphatic carbocycles. The molecule has 1 fully saturated rings. The molecule has 21 heavy (non-hydrogen) atoms. The highest BCUT2D eigenvalue weighted by molar-refractivity contribution is 6.35. The molecular weight excluding hydrogens is 272 g/mol. The number of fused-ring (bicyclic) bond motifs is 1. The summed E-state index contributed by atoms with van der Waals surface area (Å²) in [6.45, 7) is 0.363. The summed E-state index contributed by atoms with van der Waals surface area (Å²) >= 11 is 0. The van der Waals surface area contributed by atoms with Gasteiger partial charge in [0.25, 0.3) is 0 Å². The van der Waals surface area contributed by atoms with Crippen LogP contribution >= 0.6 is 0 Å². The van der Waals surface area contributed by atoms with Crippen molar-refractivity contribution in [2.45, 2.75) is 30.9 Å². The van der Waals surface area contributed by atoms with Gasteiger partial charge in [-0.15, -0.1) is 0 Å². The predicted octanol–water partition coefficient (Wildman–Crippen LogP) is 0.0515. The lowest BCUT2D eigenvalue weighted by atomic mass is 9.88. The number of aliphatic hydroxyl groups is 1. The van der Waals surface area contributed by atoms with Gasteiger partial charge < -0.3 is 20.5 Å². The fraction of sp³-hybridized carbons (Fsp3) is 0.467. The second-order valence-electron chi connectivity index (χ2n) is 5.56. The zero-order chi connectivity index (χ0) is 14.9. The minimum absolute atomic E-state index is 0.00963. The van der Waals surface area contributed by atoms with Gasteiger partial charge in [0.05, 0.1) is 13.2 Å². The van der Waals surface area contributed by atoms with E-state index in [0.29, 0.717) is 24.3 Å². The molecule has 0 saturated heterocycles. The average Bonchev–Trinajstić information content (AvgIpc) is 3.29. The Morgan fingerprint density at radius 3 is 2.81 bits per heavy atom. The van der Waals surface area contributed by atoms with Gasteiger partial charge in [-0.25, -0.2) is 0 Å². The minimum Gasteiger partial charge on any atom is -0.493 e. The molecule has 1 aliphatic heterocycles. The average molecular weight is 290 g/mol. The molecule has 3 N–H and O–H groups in total. The Hall–Kier alpha value is -2.08. The van der Waals surface area contributed by atoms with Crippen LogP contribution in [0.5, 0.6) is 5.75 Å². The molecule has 6 nitrogen and oxygen atoms in total. The molecule has 1 atom stereocenters. The number of para-hydroxylation sites is 1. The lowest BCUT2D eigenvalue weighted by Crippen LogP contribution is -2.48. The van der Waals surface area contributed by atoms with Crippen LogP contribution in [0.4, 0.5) is 0 Å². The standard InChI is InChI=1S/C15H18N2O4/c18-13(14(19)17-10-5-6-10)16-9-15(20)7-8-21-12-4-2-1-3-11(12)15/h1-4,10,20H,5-9H2,(H,16,18)(H,17,19)/t15-/m0/s1. The molecule has 0 spiro atoms. The number of hydrogen-bond acceptors (Lipinski definition) is 4. The third-order valence-electron chi connectivity index (χ3n) is 3.82. The maximum absolute atomic E-state index is 11.7. The smallest absolute Gasteiger partial charge is 0.309 e.